The second-order valence-corrected chi connectivity index (χ2v) is 8.26. The Morgan fingerprint density at radius 3 is 0.786 bits per heavy atom. The maximum absolute atomic E-state index is 9.25. The van der Waals surface area contributed by atoms with Crippen molar-refractivity contribution in [2.75, 3.05) is 0 Å². The molecule has 0 saturated carbocycles. The van der Waals surface area contributed by atoms with Crippen LogP contribution < -0.4 is 0 Å². The third-order valence-corrected chi connectivity index (χ3v) is 5.38. The second-order valence-electron chi connectivity index (χ2n) is 8.26. The van der Waals surface area contributed by atoms with E-state index in [0.717, 1.165) is 6.08 Å². The van der Waals surface area contributed by atoms with Crippen LogP contribution in [0.5, 0.6) is 0 Å². The number of carboxylic acids is 1. The molecule has 0 aromatic heterocycles. The molecule has 0 aliphatic heterocycles. The average Bonchev–Trinajstić information content (AvgIpc) is 2.70. The first-order valence-corrected chi connectivity index (χ1v) is 12.5. The summed E-state index contributed by atoms with van der Waals surface area (Å²) in [7, 11) is 0. The Morgan fingerprint density at radius 1 is 0.536 bits per heavy atom. The van der Waals surface area contributed by atoms with Gasteiger partial charge in [0.15, 0.2) is 0 Å². The van der Waals surface area contributed by atoms with Gasteiger partial charge in [0.1, 0.15) is 0 Å². The van der Waals surface area contributed by atoms with Crippen LogP contribution in [-0.4, -0.2) is 11.1 Å². The summed E-state index contributed by atoms with van der Waals surface area (Å²) in [6.45, 7) is 7.56. The molecule has 0 radical (unpaired) electrons. The molecule has 28 heavy (non-hydrogen) atoms. The van der Waals surface area contributed by atoms with Crippen molar-refractivity contribution in [3.8, 4) is 0 Å². The summed E-state index contributed by atoms with van der Waals surface area (Å²) >= 11 is 0. The Bertz CT molecular complexity index is 279. The highest BCUT2D eigenvalue weighted by atomic mass is 16.4. The molecule has 0 unspecified atom stereocenters. The lowest BCUT2D eigenvalue weighted by Gasteiger charge is -2.04. The number of carbonyl (C=O) groups is 1. The largest absolute Gasteiger partial charge is 0.478 e. The molecule has 0 bridgehead atoms. The smallest absolute Gasteiger partial charge is 0.327 e. The van der Waals surface area contributed by atoms with Gasteiger partial charge in [-0.25, -0.2) is 4.79 Å². The molecule has 2 heteroatoms. The molecule has 2 nitrogen and oxygen atoms in total. The fourth-order valence-corrected chi connectivity index (χ4v) is 3.51. The van der Waals surface area contributed by atoms with E-state index in [-0.39, 0.29) is 0 Å². The molecule has 0 aromatic rings. The molecule has 168 valence electrons. The molecule has 0 saturated heterocycles. The maximum Gasteiger partial charge on any atom is 0.327 e. The van der Waals surface area contributed by atoms with Gasteiger partial charge in [0.2, 0.25) is 0 Å². The van der Waals surface area contributed by atoms with Crippen LogP contribution in [0.1, 0.15) is 149 Å². The van der Waals surface area contributed by atoms with Crippen LogP contribution in [0.4, 0.5) is 0 Å². The summed E-state index contributed by atoms with van der Waals surface area (Å²) < 4.78 is 0. The van der Waals surface area contributed by atoms with Crippen LogP contribution in [0, 0.1) is 0 Å². The lowest BCUT2D eigenvalue weighted by atomic mass is 10.0. The third kappa shape index (κ3) is 32.8. The predicted molar refractivity (Wildman–Crippen MR) is 126 cm³/mol. The van der Waals surface area contributed by atoms with E-state index in [2.05, 4.69) is 20.4 Å². The van der Waals surface area contributed by atoms with E-state index in [4.69, 9.17) is 5.11 Å². The molecule has 0 atom stereocenters. The highest BCUT2D eigenvalue weighted by Crippen LogP contribution is 2.14. The summed E-state index contributed by atoms with van der Waals surface area (Å²) in [6.07, 6.45) is 31.7. The predicted octanol–water partition coefficient (Wildman–Crippen LogP) is 9.48. The monoisotopic (exact) mass is 396 g/mol. The van der Waals surface area contributed by atoms with Crippen molar-refractivity contribution >= 4 is 5.97 Å². The zero-order chi connectivity index (χ0) is 21.1. The molecule has 1 N–H and O–H groups in total. The van der Waals surface area contributed by atoms with Crippen molar-refractivity contribution in [2.45, 2.75) is 149 Å². The molecule has 0 fully saturated rings. The first-order chi connectivity index (χ1) is 13.7. The second kappa shape index (κ2) is 28.4. The highest BCUT2D eigenvalue weighted by Gasteiger charge is 1.95. The van der Waals surface area contributed by atoms with Gasteiger partial charge in [-0.2, -0.15) is 0 Å². The molecular weight excluding hydrogens is 344 g/mol. The molecule has 0 aliphatic carbocycles. The van der Waals surface area contributed by atoms with E-state index in [9.17, 15) is 4.79 Å². The van der Waals surface area contributed by atoms with Gasteiger partial charge < -0.3 is 5.11 Å². The Morgan fingerprint density at radius 2 is 0.679 bits per heavy atom. The van der Waals surface area contributed by atoms with Crippen molar-refractivity contribution in [1.29, 1.82) is 0 Å². The van der Waals surface area contributed by atoms with Gasteiger partial charge in [0.25, 0.3) is 0 Å². The number of unbranched alkanes of at least 4 members (excludes halogenated alkanes) is 20. The molecule has 0 aliphatic rings. The van der Waals surface area contributed by atoms with E-state index < -0.39 is 5.97 Å². The van der Waals surface area contributed by atoms with Crippen LogP contribution >= 0.6 is 0 Å². The van der Waals surface area contributed by atoms with Crippen LogP contribution in [-0.2, 0) is 4.79 Å². The van der Waals surface area contributed by atoms with Gasteiger partial charge in [0, 0.05) is 6.08 Å². The number of hydrogen-bond acceptors (Lipinski definition) is 1. The van der Waals surface area contributed by atoms with Gasteiger partial charge in [-0.05, 0) is 0 Å². The maximum atomic E-state index is 9.25. The Hall–Kier alpha value is -0.790. The Labute approximate surface area is 177 Å². The Balaban J connectivity index is 0. The van der Waals surface area contributed by atoms with Crippen molar-refractivity contribution in [3.05, 3.63) is 12.7 Å². The quantitative estimate of drug-likeness (QED) is 0.155. The van der Waals surface area contributed by atoms with E-state index >= 15 is 0 Å². The van der Waals surface area contributed by atoms with Gasteiger partial charge in [0.05, 0.1) is 0 Å². The van der Waals surface area contributed by atoms with E-state index in [0.29, 0.717) is 0 Å². The van der Waals surface area contributed by atoms with Crippen molar-refractivity contribution < 1.29 is 9.90 Å². The fourth-order valence-electron chi connectivity index (χ4n) is 3.51. The van der Waals surface area contributed by atoms with E-state index in [1.807, 2.05) is 0 Å². The minimum atomic E-state index is -0.981. The highest BCUT2D eigenvalue weighted by molar-refractivity contribution is 5.78. The third-order valence-electron chi connectivity index (χ3n) is 5.38. The molecule has 0 aromatic carbocycles. The van der Waals surface area contributed by atoms with E-state index in [1.165, 1.54) is 135 Å². The lowest BCUT2D eigenvalue weighted by molar-refractivity contribution is -0.131. The molecular formula is C26H52O2. The average molecular weight is 397 g/mol. The van der Waals surface area contributed by atoms with Gasteiger partial charge in [-0.3, -0.25) is 0 Å². The molecule has 0 amide bonds. The molecule has 0 rings (SSSR count). The lowest BCUT2D eigenvalue weighted by Crippen LogP contribution is -1.84. The fraction of sp³-hybridized carbons (Fsp3) is 0.885. The van der Waals surface area contributed by atoms with E-state index in [1.54, 1.807) is 0 Å². The minimum absolute atomic E-state index is 0.833. The van der Waals surface area contributed by atoms with Gasteiger partial charge >= 0.3 is 5.97 Å². The number of hydrogen-bond donors (Lipinski definition) is 1. The molecule has 0 heterocycles. The van der Waals surface area contributed by atoms with Gasteiger partial charge in [-0.1, -0.05) is 155 Å². The standard InChI is InChI=1S/C23H48.C3H4O2/c1-3-5-7-9-11-13-15-17-19-21-23-22-20-18-16-14-12-10-8-6-4-2;1-2-3(4)5/h3-23H2,1-2H3;2H,1H2,(H,4,5). The minimum Gasteiger partial charge on any atom is -0.478 e. The summed E-state index contributed by atoms with van der Waals surface area (Å²) in [5.74, 6) is -0.981. The number of carboxylic acid groups (broad SMARTS) is 1. The van der Waals surface area contributed by atoms with Crippen molar-refractivity contribution in [2.24, 2.45) is 0 Å². The normalized spacial score (nSPS) is 10.4. The Kier molecular flexibility index (Phi) is 29.9. The first kappa shape index (κ1) is 29.4. The summed E-state index contributed by atoms with van der Waals surface area (Å²) in [5, 5.41) is 7.60. The summed E-state index contributed by atoms with van der Waals surface area (Å²) in [6, 6.07) is 0. The van der Waals surface area contributed by atoms with Crippen molar-refractivity contribution in [1.82, 2.24) is 0 Å². The SMILES string of the molecule is C=CC(=O)O.CCCCCCCCCCCCCCCCCCCCCCC. The van der Waals surface area contributed by atoms with Crippen LogP contribution in [0.15, 0.2) is 12.7 Å². The van der Waals surface area contributed by atoms with Crippen LogP contribution in [0.25, 0.3) is 0 Å². The zero-order valence-corrected chi connectivity index (χ0v) is 19.5. The summed E-state index contributed by atoms with van der Waals surface area (Å²) in [4.78, 5) is 9.25. The van der Waals surface area contributed by atoms with Gasteiger partial charge in [-0.15, -0.1) is 0 Å². The molecule has 0 spiro atoms. The topological polar surface area (TPSA) is 37.3 Å². The number of rotatable bonds is 21. The zero-order valence-electron chi connectivity index (χ0n) is 19.5. The number of aliphatic carboxylic acids is 1. The van der Waals surface area contributed by atoms with Crippen molar-refractivity contribution in [3.63, 3.8) is 0 Å². The van der Waals surface area contributed by atoms with Crippen LogP contribution in [0.3, 0.4) is 0 Å². The summed E-state index contributed by atoms with van der Waals surface area (Å²) in [5.41, 5.74) is 0. The first-order valence-electron chi connectivity index (χ1n) is 12.5. The van der Waals surface area contributed by atoms with Crippen LogP contribution in [0.2, 0.25) is 0 Å².